The van der Waals surface area contributed by atoms with Gasteiger partial charge in [-0.25, -0.2) is 13.1 Å². The van der Waals surface area contributed by atoms with Crippen molar-refractivity contribution in [3.05, 3.63) is 54.1 Å². The second-order valence-corrected chi connectivity index (χ2v) is 13.2. The van der Waals surface area contributed by atoms with Gasteiger partial charge in [-0.2, -0.15) is 12.6 Å². The minimum atomic E-state index is -4.22. The van der Waals surface area contributed by atoms with Gasteiger partial charge in [-0.15, -0.1) is 0 Å². The number of aliphatic hydroxyl groups excluding tert-OH is 1. The Morgan fingerprint density at radius 3 is 2.33 bits per heavy atom. The third kappa shape index (κ3) is 9.84. The molecule has 0 heterocycles. The highest BCUT2D eigenvalue weighted by molar-refractivity contribution is 7.90. The molecule has 9 nitrogen and oxygen atoms in total. The fourth-order valence-electron chi connectivity index (χ4n) is 5.12. The molecule has 2 aromatic carbocycles. The van der Waals surface area contributed by atoms with Crippen molar-refractivity contribution in [3.8, 4) is 11.1 Å². The van der Waals surface area contributed by atoms with Crippen LogP contribution in [0.1, 0.15) is 70.8 Å². The van der Waals surface area contributed by atoms with Gasteiger partial charge in [-0.05, 0) is 49.3 Å². The third-order valence-electron chi connectivity index (χ3n) is 7.56. The van der Waals surface area contributed by atoms with E-state index in [1.54, 1.807) is 35.2 Å². The second-order valence-electron chi connectivity index (χ2n) is 10.9. The van der Waals surface area contributed by atoms with E-state index in [2.05, 4.69) is 5.32 Å². The zero-order valence-electron chi connectivity index (χ0n) is 24.4. The SMILES string of the molecule is CCCC(=O)N(CCC(=O)NCC(S)C1CCCCC1)Cc1ccc(-c2ccccc2S(=O)(=O)NC(=O)C(C)O)cc1. The lowest BCUT2D eigenvalue weighted by Gasteiger charge is -2.27. The predicted octanol–water partition coefficient (Wildman–Crippen LogP) is 4.05. The molecular formula is C31H43N3O6S2. The molecule has 0 radical (unpaired) electrons. The standard InChI is InChI=1S/C31H43N3O6S2/c1-3-9-30(37)34(19-18-29(36)32-20-27(41)25-10-5-4-6-11-25)21-23-14-16-24(17-15-23)26-12-7-8-13-28(26)42(39,40)33-31(38)22(2)35/h7-8,12-17,22,25,27,35,41H,3-6,9-11,18-21H2,1-2H3,(H,32,36)(H,33,38). The molecule has 2 unspecified atom stereocenters. The van der Waals surface area contributed by atoms with Crippen LogP contribution in [0.5, 0.6) is 0 Å². The Balaban J connectivity index is 1.65. The Labute approximate surface area is 254 Å². The van der Waals surface area contributed by atoms with Crippen LogP contribution >= 0.6 is 12.6 Å². The summed E-state index contributed by atoms with van der Waals surface area (Å²) < 4.78 is 27.6. The van der Waals surface area contributed by atoms with Gasteiger partial charge in [0.1, 0.15) is 6.10 Å². The van der Waals surface area contributed by atoms with Gasteiger partial charge in [0.05, 0.1) is 4.90 Å². The number of hydrogen-bond donors (Lipinski definition) is 4. The summed E-state index contributed by atoms with van der Waals surface area (Å²) in [5.41, 5.74) is 1.83. The summed E-state index contributed by atoms with van der Waals surface area (Å²) >= 11 is 4.72. The summed E-state index contributed by atoms with van der Waals surface area (Å²) in [5, 5.41) is 12.6. The monoisotopic (exact) mass is 617 g/mol. The molecule has 230 valence electrons. The first-order chi connectivity index (χ1) is 20.0. The first kappa shape index (κ1) is 33.6. The van der Waals surface area contributed by atoms with E-state index in [0.29, 0.717) is 43.0 Å². The first-order valence-electron chi connectivity index (χ1n) is 14.7. The number of hydrogen-bond acceptors (Lipinski definition) is 7. The van der Waals surface area contributed by atoms with Gasteiger partial charge in [0, 0.05) is 43.3 Å². The molecule has 2 aromatic rings. The number of nitrogens with one attached hydrogen (secondary N) is 2. The molecule has 1 fully saturated rings. The summed E-state index contributed by atoms with van der Waals surface area (Å²) in [5.74, 6) is -0.618. The molecular weight excluding hydrogens is 574 g/mol. The Morgan fingerprint density at radius 2 is 1.69 bits per heavy atom. The number of amides is 3. The van der Waals surface area contributed by atoms with Gasteiger partial charge in [-0.1, -0.05) is 68.7 Å². The molecule has 1 aliphatic rings. The van der Waals surface area contributed by atoms with Crippen LogP contribution in [-0.2, 0) is 31.0 Å². The highest BCUT2D eigenvalue weighted by Gasteiger charge is 2.24. The number of aliphatic hydroxyl groups is 1. The van der Waals surface area contributed by atoms with Gasteiger partial charge < -0.3 is 15.3 Å². The normalized spacial score (nSPS) is 15.4. The van der Waals surface area contributed by atoms with Crippen LogP contribution < -0.4 is 10.0 Å². The van der Waals surface area contributed by atoms with Gasteiger partial charge in [0.15, 0.2) is 0 Å². The smallest absolute Gasteiger partial charge is 0.264 e. The zero-order chi connectivity index (χ0) is 30.7. The van der Waals surface area contributed by atoms with Crippen molar-refractivity contribution in [1.29, 1.82) is 0 Å². The molecule has 1 saturated carbocycles. The van der Waals surface area contributed by atoms with Crippen LogP contribution in [0.15, 0.2) is 53.4 Å². The molecule has 3 rings (SSSR count). The Morgan fingerprint density at radius 1 is 1.02 bits per heavy atom. The van der Waals surface area contributed by atoms with Crippen molar-refractivity contribution >= 4 is 40.4 Å². The minimum absolute atomic E-state index is 0.0334. The number of carbonyl (C=O) groups is 3. The Kier molecular flexibility index (Phi) is 12.9. The van der Waals surface area contributed by atoms with E-state index in [1.165, 1.54) is 32.3 Å². The quantitative estimate of drug-likeness (QED) is 0.237. The van der Waals surface area contributed by atoms with Gasteiger partial charge in [0.25, 0.3) is 15.9 Å². The predicted molar refractivity (Wildman–Crippen MR) is 166 cm³/mol. The maximum Gasteiger partial charge on any atom is 0.264 e. The summed E-state index contributed by atoms with van der Waals surface area (Å²) in [6.45, 7) is 4.25. The number of nitrogens with zero attached hydrogens (tertiary/aromatic N) is 1. The van der Waals surface area contributed by atoms with Crippen LogP contribution in [0.2, 0.25) is 0 Å². The van der Waals surface area contributed by atoms with Crippen molar-refractivity contribution in [2.45, 2.75) is 88.0 Å². The molecule has 2 atom stereocenters. The summed E-state index contributed by atoms with van der Waals surface area (Å²) in [6.07, 6.45) is 5.82. The van der Waals surface area contributed by atoms with Crippen molar-refractivity contribution in [2.24, 2.45) is 5.92 Å². The molecule has 0 bridgehead atoms. The molecule has 0 aromatic heterocycles. The molecule has 42 heavy (non-hydrogen) atoms. The minimum Gasteiger partial charge on any atom is -0.384 e. The van der Waals surface area contributed by atoms with E-state index in [0.717, 1.165) is 18.4 Å². The summed E-state index contributed by atoms with van der Waals surface area (Å²) in [6, 6.07) is 13.4. The van der Waals surface area contributed by atoms with Crippen LogP contribution in [-0.4, -0.2) is 60.6 Å². The maximum atomic E-state index is 12.9. The topological polar surface area (TPSA) is 133 Å². The van der Waals surface area contributed by atoms with Crippen molar-refractivity contribution in [3.63, 3.8) is 0 Å². The molecule has 3 N–H and O–H groups in total. The Hall–Kier alpha value is -2.89. The fraction of sp³-hybridized carbons (Fsp3) is 0.516. The molecule has 0 saturated heterocycles. The summed E-state index contributed by atoms with van der Waals surface area (Å²) in [7, 11) is -4.22. The largest absolute Gasteiger partial charge is 0.384 e. The van der Waals surface area contributed by atoms with E-state index in [-0.39, 0.29) is 34.9 Å². The van der Waals surface area contributed by atoms with Crippen LogP contribution in [0.3, 0.4) is 0 Å². The van der Waals surface area contributed by atoms with E-state index in [1.807, 2.05) is 23.8 Å². The highest BCUT2D eigenvalue weighted by atomic mass is 32.2. The first-order valence-corrected chi connectivity index (χ1v) is 16.7. The van der Waals surface area contributed by atoms with E-state index in [4.69, 9.17) is 12.6 Å². The molecule has 0 aliphatic heterocycles. The molecule has 0 spiro atoms. The average molecular weight is 618 g/mol. The second kappa shape index (κ2) is 16.1. The average Bonchev–Trinajstić information content (AvgIpc) is 2.98. The lowest BCUT2D eigenvalue weighted by atomic mass is 9.86. The lowest BCUT2D eigenvalue weighted by Crippen LogP contribution is -2.37. The number of sulfonamides is 1. The van der Waals surface area contributed by atoms with E-state index < -0.39 is 22.0 Å². The van der Waals surface area contributed by atoms with Crippen molar-refractivity contribution < 1.29 is 27.9 Å². The highest BCUT2D eigenvalue weighted by Crippen LogP contribution is 2.29. The van der Waals surface area contributed by atoms with Crippen LogP contribution in [0, 0.1) is 5.92 Å². The molecule has 3 amide bonds. The zero-order valence-corrected chi connectivity index (χ0v) is 26.1. The number of thiol groups is 1. The van der Waals surface area contributed by atoms with E-state index >= 15 is 0 Å². The number of rotatable bonds is 14. The van der Waals surface area contributed by atoms with Gasteiger partial charge >= 0.3 is 0 Å². The summed E-state index contributed by atoms with van der Waals surface area (Å²) in [4.78, 5) is 38.9. The molecule has 1 aliphatic carbocycles. The number of carbonyl (C=O) groups excluding carboxylic acids is 3. The van der Waals surface area contributed by atoms with Crippen molar-refractivity contribution in [2.75, 3.05) is 13.1 Å². The van der Waals surface area contributed by atoms with Gasteiger partial charge in [0.2, 0.25) is 11.8 Å². The van der Waals surface area contributed by atoms with Gasteiger partial charge in [-0.3, -0.25) is 14.4 Å². The van der Waals surface area contributed by atoms with Crippen LogP contribution in [0.25, 0.3) is 11.1 Å². The third-order valence-corrected chi connectivity index (χ3v) is 9.57. The van der Waals surface area contributed by atoms with Crippen molar-refractivity contribution in [1.82, 2.24) is 14.9 Å². The van der Waals surface area contributed by atoms with E-state index in [9.17, 15) is 27.9 Å². The lowest BCUT2D eigenvalue weighted by molar-refractivity contribution is -0.132. The fourth-order valence-corrected chi connectivity index (χ4v) is 6.78. The molecule has 11 heteroatoms. The Bertz CT molecular complexity index is 1310. The maximum absolute atomic E-state index is 12.9. The number of benzene rings is 2. The van der Waals surface area contributed by atoms with Crippen LogP contribution in [0.4, 0.5) is 0 Å².